The molecule has 0 aliphatic carbocycles. The van der Waals surface area contributed by atoms with Gasteiger partial charge in [-0.05, 0) is 30.3 Å². The van der Waals surface area contributed by atoms with Crippen LogP contribution in [0.1, 0.15) is 26.3 Å². The summed E-state index contributed by atoms with van der Waals surface area (Å²) in [5, 5.41) is 9.25. The fraction of sp³-hybridized carbons (Fsp3) is 0.125. The van der Waals surface area contributed by atoms with Gasteiger partial charge in [0, 0.05) is 23.7 Å². The Bertz CT molecular complexity index is 752. The molecule has 0 aromatic heterocycles. The van der Waals surface area contributed by atoms with E-state index in [1.165, 1.54) is 12.1 Å². The second kappa shape index (κ2) is 5.40. The third-order valence-corrected chi connectivity index (χ3v) is 3.38. The van der Waals surface area contributed by atoms with Crippen LogP contribution in [-0.4, -0.2) is 23.7 Å². The van der Waals surface area contributed by atoms with Crippen LogP contribution in [-0.2, 0) is 6.42 Å². The predicted molar refractivity (Wildman–Crippen MR) is 78.4 cm³/mol. The van der Waals surface area contributed by atoms with Crippen molar-refractivity contribution in [2.75, 3.05) is 12.3 Å². The number of nitrogen functional groups attached to an aromatic ring is 1. The van der Waals surface area contributed by atoms with E-state index in [9.17, 15) is 14.7 Å². The molecule has 0 atom stereocenters. The molecule has 6 heteroatoms. The lowest BCUT2D eigenvalue weighted by molar-refractivity contribution is 0.0686. The maximum atomic E-state index is 12.1. The van der Waals surface area contributed by atoms with Gasteiger partial charge in [-0.15, -0.1) is 0 Å². The van der Waals surface area contributed by atoms with Crippen molar-refractivity contribution < 1.29 is 24.2 Å². The minimum atomic E-state index is -1.08. The summed E-state index contributed by atoms with van der Waals surface area (Å²) in [5.41, 5.74) is 7.14. The van der Waals surface area contributed by atoms with E-state index in [2.05, 4.69) is 0 Å². The SMILES string of the molecule is Nc1ccc(C(=O)Oc2cc3c(c(C(=O)O)c2)CCO3)cc1. The van der Waals surface area contributed by atoms with E-state index in [4.69, 9.17) is 15.2 Å². The third kappa shape index (κ3) is 2.58. The van der Waals surface area contributed by atoms with Crippen LogP contribution in [0.3, 0.4) is 0 Å². The van der Waals surface area contributed by atoms with E-state index in [0.29, 0.717) is 35.6 Å². The van der Waals surface area contributed by atoms with E-state index in [-0.39, 0.29) is 11.3 Å². The fourth-order valence-electron chi connectivity index (χ4n) is 2.30. The van der Waals surface area contributed by atoms with Gasteiger partial charge in [0.05, 0.1) is 17.7 Å². The number of carbonyl (C=O) groups excluding carboxylic acids is 1. The van der Waals surface area contributed by atoms with Crippen LogP contribution in [0.5, 0.6) is 11.5 Å². The largest absolute Gasteiger partial charge is 0.493 e. The second-order valence-corrected chi connectivity index (χ2v) is 4.86. The molecule has 0 fully saturated rings. The highest BCUT2D eigenvalue weighted by atomic mass is 16.5. The average Bonchev–Trinajstić information content (AvgIpc) is 2.95. The first-order valence-corrected chi connectivity index (χ1v) is 6.65. The summed E-state index contributed by atoms with van der Waals surface area (Å²) in [6, 6.07) is 9.13. The van der Waals surface area contributed by atoms with Gasteiger partial charge in [-0.2, -0.15) is 0 Å². The summed E-state index contributed by atoms with van der Waals surface area (Å²) in [6.07, 6.45) is 0.531. The highest BCUT2D eigenvalue weighted by Crippen LogP contribution is 2.33. The van der Waals surface area contributed by atoms with Gasteiger partial charge >= 0.3 is 11.9 Å². The second-order valence-electron chi connectivity index (χ2n) is 4.86. The van der Waals surface area contributed by atoms with Gasteiger partial charge in [0.2, 0.25) is 0 Å². The molecule has 0 bridgehead atoms. The van der Waals surface area contributed by atoms with E-state index in [0.717, 1.165) is 0 Å². The van der Waals surface area contributed by atoms with Crippen molar-refractivity contribution >= 4 is 17.6 Å². The third-order valence-electron chi connectivity index (χ3n) is 3.38. The molecule has 3 N–H and O–H groups in total. The van der Waals surface area contributed by atoms with Gasteiger partial charge in [-0.25, -0.2) is 9.59 Å². The quantitative estimate of drug-likeness (QED) is 0.511. The maximum absolute atomic E-state index is 12.1. The number of nitrogens with two attached hydrogens (primary N) is 1. The number of esters is 1. The number of aromatic carboxylic acids is 1. The first kappa shape index (κ1) is 13.9. The highest BCUT2D eigenvalue weighted by molar-refractivity contribution is 5.93. The molecule has 0 radical (unpaired) electrons. The van der Waals surface area contributed by atoms with Gasteiger partial charge in [0.1, 0.15) is 11.5 Å². The number of ether oxygens (including phenoxy) is 2. The summed E-state index contributed by atoms with van der Waals surface area (Å²) >= 11 is 0. The summed E-state index contributed by atoms with van der Waals surface area (Å²) < 4.78 is 10.6. The summed E-state index contributed by atoms with van der Waals surface area (Å²) in [5.74, 6) is -1.08. The van der Waals surface area contributed by atoms with E-state index in [1.54, 1.807) is 24.3 Å². The first-order valence-electron chi connectivity index (χ1n) is 6.65. The number of fused-ring (bicyclic) bond motifs is 1. The Labute approximate surface area is 126 Å². The van der Waals surface area contributed by atoms with Crippen LogP contribution in [0.15, 0.2) is 36.4 Å². The molecular weight excluding hydrogens is 286 g/mol. The summed E-state index contributed by atoms with van der Waals surface area (Å²) in [4.78, 5) is 23.4. The van der Waals surface area contributed by atoms with Crippen molar-refractivity contribution in [3.8, 4) is 11.5 Å². The summed E-state index contributed by atoms with van der Waals surface area (Å²) in [7, 11) is 0. The number of carboxylic acids is 1. The number of carbonyl (C=O) groups is 2. The Morgan fingerprint density at radius 2 is 1.91 bits per heavy atom. The number of hydrogen-bond acceptors (Lipinski definition) is 5. The average molecular weight is 299 g/mol. The molecule has 2 aromatic rings. The lowest BCUT2D eigenvalue weighted by Gasteiger charge is -2.09. The highest BCUT2D eigenvalue weighted by Gasteiger charge is 2.23. The minimum Gasteiger partial charge on any atom is -0.493 e. The lowest BCUT2D eigenvalue weighted by Crippen LogP contribution is -2.10. The number of benzene rings is 2. The van der Waals surface area contributed by atoms with Crippen LogP contribution in [0.2, 0.25) is 0 Å². The van der Waals surface area contributed by atoms with E-state index in [1.807, 2.05) is 0 Å². The van der Waals surface area contributed by atoms with Gasteiger partial charge in [0.25, 0.3) is 0 Å². The van der Waals surface area contributed by atoms with Crippen molar-refractivity contribution in [1.82, 2.24) is 0 Å². The normalized spacial score (nSPS) is 12.4. The molecule has 0 saturated carbocycles. The minimum absolute atomic E-state index is 0.0927. The molecule has 1 aliphatic rings. The van der Waals surface area contributed by atoms with Gasteiger partial charge in [0.15, 0.2) is 0 Å². The molecular formula is C16H13NO5. The van der Waals surface area contributed by atoms with Crippen LogP contribution in [0, 0.1) is 0 Å². The van der Waals surface area contributed by atoms with Crippen LogP contribution < -0.4 is 15.2 Å². The fourth-order valence-corrected chi connectivity index (χ4v) is 2.30. The smallest absolute Gasteiger partial charge is 0.343 e. The molecule has 0 amide bonds. The Balaban J connectivity index is 1.89. The topological polar surface area (TPSA) is 98.9 Å². The maximum Gasteiger partial charge on any atom is 0.343 e. The Hall–Kier alpha value is -3.02. The molecule has 112 valence electrons. The van der Waals surface area contributed by atoms with Gasteiger partial charge in [-0.3, -0.25) is 0 Å². The van der Waals surface area contributed by atoms with Crippen molar-refractivity contribution in [3.05, 3.63) is 53.1 Å². The number of rotatable bonds is 3. The standard InChI is InChI=1S/C16H13NO5/c17-10-3-1-9(2-4-10)16(20)22-11-7-13(15(18)19)12-5-6-21-14(12)8-11/h1-4,7-8H,5-6,17H2,(H,18,19). The summed E-state index contributed by atoms with van der Waals surface area (Å²) in [6.45, 7) is 0.422. The zero-order chi connectivity index (χ0) is 15.7. The molecule has 1 aliphatic heterocycles. The lowest BCUT2D eigenvalue weighted by atomic mass is 10.0. The molecule has 1 heterocycles. The molecule has 0 spiro atoms. The van der Waals surface area contributed by atoms with E-state index < -0.39 is 11.9 Å². The van der Waals surface area contributed by atoms with Crippen LogP contribution in [0.25, 0.3) is 0 Å². The predicted octanol–water partition coefficient (Wildman–Crippen LogP) is 2.12. The first-order chi connectivity index (χ1) is 10.5. The molecule has 2 aromatic carbocycles. The number of hydrogen-bond donors (Lipinski definition) is 2. The zero-order valence-electron chi connectivity index (χ0n) is 11.5. The Morgan fingerprint density at radius 1 is 1.18 bits per heavy atom. The van der Waals surface area contributed by atoms with Crippen molar-refractivity contribution in [1.29, 1.82) is 0 Å². The molecule has 6 nitrogen and oxygen atoms in total. The molecule has 0 unspecified atom stereocenters. The monoisotopic (exact) mass is 299 g/mol. The van der Waals surface area contributed by atoms with Crippen molar-refractivity contribution in [2.24, 2.45) is 0 Å². The van der Waals surface area contributed by atoms with Gasteiger partial charge in [-0.1, -0.05) is 0 Å². The van der Waals surface area contributed by atoms with E-state index >= 15 is 0 Å². The number of carboxylic acid groups (broad SMARTS) is 1. The molecule has 0 saturated heterocycles. The van der Waals surface area contributed by atoms with Crippen molar-refractivity contribution in [3.63, 3.8) is 0 Å². The van der Waals surface area contributed by atoms with Crippen LogP contribution in [0.4, 0.5) is 5.69 Å². The zero-order valence-corrected chi connectivity index (χ0v) is 11.5. The van der Waals surface area contributed by atoms with Crippen LogP contribution >= 0.6 is 0 Å². The van der Waals surface area contributed by atoms with Gasteiger partial charge < -0.3 is 20.3 Å². The Kier molecular flexibility index (Phi) is 3.42. The molecule has 22 heavy (non-hydrogen) atoms. The Morgan fingerprint density at radius 3 is 2.59 bits per heavy atom. The number of anilines is 1. The van der Waals surface area contributed by atoms with Crippen molar-refractivity contribution in [2.45, 2.75) is 6.42 Å². The molecule has 3 rings (SSSR count).